The smallest absolute Gasteiger partial charge is 0.115 e. The zero-order chi connectivity index (χ0) is 9.97. The van der Waals surface area contributed by atoms with Crippen LogP contribution in [0.3, 0.4) is 0 Å². The van der Waals surface area contributed by atoms with Crippen LogP contribution in [-0.4, -0.2) is 23.1 Å². The molecule has 0 atom stereocenters. The average Bonchev–Trinajstić information content (AvgIpc) is 2.57. The normalized spacial score (nSPS) is 10.9. The molecule has 0 radical (unpaired) electrons. The predicted octanol–water partition coefficient (Wildman–Crippen LogP) is 1.11. The molecular formula is C10H13N3O. The van der Waals surface area contributed by atoms with Crippen molar-refractivity contribution in [3.05, 3.63) is 30.4 Å². The molecule has 0 fully saturated rings. The number of methoxy groups -OCH3 is 1. The fourth-order valence-electron chi connectivity index (χ4n) is 1.44. The standard InChI is InChI=1S/C10H13N3O/c1-14-5-4-10-12-6-9-3-2-8(11)7-13(9)10/h2-3,6-7H,4-5,11H2,1H3. The highest BCUT2D eigenvalue weighted by atomic mass is 16.5. The summed E-state index contributed by atoms with van der Waals surface area (Å²) in [4.78, 5) is 4.30. The molecule has 0 aliphatic carbocycles. The number of aromatic nitrogens is 2. The van der Waals surface area contributed by atoms with Gasteiger partial charge in [-0.1, -0.05) is 0 Å². The summed E-state index contributed by atoms with van der Waals surface area (Å²) >= 11 is 0. The molecule has 4 heteroatoms. The minimum Gasteiger partial charge on any atom is -0.398 e. The Morgan fingerprint density at radius 3 is 3.14 bits per heavy atom. The Kier molecular flexibility index (Phi) is 2.37. The molecule has 74 valence electrons. The summed E-state index contributed by atoms with van der Waals surface area (Å²) in [5.74, 6) is 0.981. The van der Waals surface area contributed by atoms with Gasteiger partial charge in [0.2, 0.25) is 0 Å². The van der Waals surface area contributed by atoms with Crippen LogP contribution < -0.4 is 5.73 Å². The highest BCUT2D eigenvalue weighted by Crippen LogP contribution is 2.10. The van der Waals surface area contributed by atoms with Crippen LogP contribution in [0, 0.1) is 0 Å². The molecule has 2 N–H and O–H groups in total. The van der Waals surface area contributed by atoms with Crippen LogP contribution >= 0.6 is 0 Å². The maximum Gasteiger partial charge on any atom is 0.115 e. The van der Waals surface area contributed by atoms with Gasteiger partial charge in [0.25, 0.3) is 0 Å². The van der Waals surface area contributed by atoms with Crippen LogP contribution in [0.1, 0.15) is 5.82 Å². The number of rotatable bonds is 3. The van der Waals surface area contributed by atoms with E-state index in [4.69, 9.17) is 10.5 Å². The fourth-order valence-corrected chi connectivity index (χ4v) is 1.44. The molecule has 0 spiro atoms. The van der Waals surface area contributed by atoms with Gasteiger partial charge < -0.3 is 14.9 Å². The van der Waals surface area contributed by atoms with E-state index in [-0.39, 0.29) is 0 Å². The molecule has 4 nitrogen and oxygen atoms in total. The van der Waals surface area contributed by atoms with Crippen LogP contribution in [0.25, 0.3) is 5.52 Å². The summed E-state index contributed by atoms with van der Waals surface area (Å²) in [6, 6.07) is 3.83. The Bertz CT molecular complexity index is 436. The minimum absolute atomic E-state index is 0.675. The van der Waals surface area contributed by atoms with Gasteiger partial charge in [0, 0.05) is 25.4 Å². The van der Waals surface area contributed by atoms with Crippen molar-refractivity contribution in [3.8, 4) is 0 Å². The van der Waals surface area contributed by atoms with Crippen molar-refractivity contribution in [2.24, 2.45) is 0 Å². The molecule has 0 saturated carbocycles. The van der Waals surface area contributed by atoms with Gasteiger partial charge in [-0.25, -0.2) is 4.98 Å². The van der Waals surface area contributed by atoms with Crippen molar-refractivity contribution >= 4 is 11.2 Å². The largest absolute Gasteiger partial charge is 0.398 e. The number of hydrogen-bond donors (Lipinski definition) is 1. The number of fused-ring (bicyclic) bond motifs is 1. The Morgan fingerprint density at radius 2 is 2.36 bits per heavy atom. The van der Waals surface area contributed by atoms with Crippen molar-refractivity contribution in [2.75, 3.05) is 19.5 Å². The van der Waals surface area contributed by atoms with E-state index in [0.717, 1.165) is 23.4 Å². The number of hydrogen-bond acceptors (Lipinski definition) is 3. The molecule has 2 aromatic heterocycles. The number of ether oxygens (including phenoxy) is 1. The number of anilines is 1. The van der Waals surface area contributed by atoms with Gasteiger partial charge in [-0.15, -0.1) is 0 Å². The quantitative estimate of drug-likeness (QED) is 0.790. The van der Waals surface area contributed by atoms with Crippen LogP contribution in [0.15, 0.2) is 24.5 Å². The summed E-state index contributed by atoms with van der Waals surface area (Å²) in [5.41, 5.74) is 7.51. The lowest BCUT2D eigenvalue weighted by Crippen LogP contribution is -2.01. The third kappa shape index (κ3) is 1.56. The molecule has 0 bridgehead atoms. The molecule has 0 saturated heterocycles. The molecule has 2 aromatic rings. The number of nitrogens with zero attached hydrogens (tertiary/aromatic N) is 2. The van der Waals surface area contributed by atoms with E-state index in [1.165, 1.54) is 0 Å². The number of nitrogens with two attached hydrogens (primary N) is 1. The van der Waals surface area contributed by atoms with Crippen LogP contribution in [-0.2, 0) is 11.2 Å². The molecule has 2 heterocycles. The van der Waals surface area contributed by atoms with E-state index >= 15 is 0 Å². The first-order valence-corrected chi connectivity index (χ1v) is 4.51. The van der Waals surface area contributed by atoms with E-state index in [0.29, 0.717) is 6.61 Å². The van der Waals surface area contributed by atoms with E-state index in [9.17, 15) is 0 Å². The summed E-state index contributed by atoms with van der Waals surface area (Å²) in [6.45, 7) is 0.675. The Hall–Kier alpha value is -1.55. The summed E-state index contributed by atoms with van der Waals surface area (Å²) < 4.78 is 7.00. The Labute approximate surface area is 82.3 Å². The second kappa shape index (κ2) is 3.67. The molecule has 14 heavy (non-hydrogen) atoms. The lowest BCUT2D eigenvalue weighted by atomic mass is 10.3. The van der Waals surface area contributed by atoms with Gasteiger partial charge in [0.05, 0.1) is 18.3 Å². The van der Waals surface area contributed by atoms with Gasteiger partial charge in [0.15, 0.2) is 0 Å². The molecule has 2 rings (SSSR count). The van der Waals surface area contributed by atoms with E-state index in [2.05, 4.69) is 4.98 Å². The van der Waals surface area contributed by atoms with E-state index in [1.807, 2.05) is 28.9 Å². The van der Waals surface area contributed by atoms with Crippen LogP contribution in [0.4, 0.5) is 5.69 Å². The SMILES string of the molecule is COCCc1ncc2ccc(N)cn12. The van der Waals surface area contributed by atoms with Crippen molar-refractivity contribution < 1.29 is 4.74 Å². The molecule has 0 aliphatic rings. The van der Waals surface area contributed by atoms with Crippen molar-refractivity contribution in [1.82, 2.24) is 9.38 Å². The molecule has 0 aromatic carbocycles. The number of nitrogen functional groups attached to an aromatic ring is 1. The molecule has 0 unspecified atom stereocenters. The van der Waals surface area contributed by atoms with Gasteiger partial charge in [-0.05, 0) is 12.1 Å². The monoisotopic (exact) mass is 191 g/mol. The second-order valence-corrected chi connectivity index (χ2v) is 3.17. The number of pyridine rings is 1. The second-order valence-electron chi connectivity index (χ2n) is 3.17. The first-order valence-electron chi connectivity index (χ1n) is 4.51. The lowest BCUT2D eigenvalue weighted by Gasteiger charge is -2.01. The Morgan fingerprint density at radius 1 is 1.50 bits per heavy atom. The highest BCUT2D eigenvalue weighted by molar-refractivity contribution is 5.52. The van der Waals surface area contributed by atoms with Crippen molar-refractivity contribution in [3.63, 3.8) is 0 Å². The summed E-state index contributed by atoms with van der Waals surface area (Å²) in [6.07, 6.45) is 4.52. The van der Waals surface area contributed by atoms with Gasteiger partial charge in [-0.2, -0.15) is 0 Å². The van der Waals surface area contributed by atoms with Crippen LogP contribution in [0.2, 0.25) is 0 Å². The van der Waals surface area contributed by atoms with E-state index < -0.39 is 0 Å². The lowest BCUT2D eigenvalue weighted by molar-refractivity contribution is 0.200. The summed E-state index contributed by atoms with van der Waals surface area (Å²) in [7, 11) is 1.68. The van der Waals surface area contributed by atoms with Crippen molar-refractivity contribution in [2.45, 2.75) is 6.42 Å². The van der Waals surface area contributed by atoms with Gasteiger partial charge in [-0.3, -0.25) is 0 Å². The number of imidazole rings is 1. The molecule has 0 aliphatic heterocycles. The zero-order valence-corrected chi connectivity index (χ0v) is 8.10. The minimum atomic E-state index is 0.675. The molecular weight excluding hydrogens is 178 g/mol. The fraction of sp³-hybridized carbons (Fsp3) is 0.300. The zero-order valence-electron chi connectivity index (χ0n) is 8.10. The highest BCUT2D eigenvalue weighted by Gasteiger charge is 2.02. The topological polar surface area (TPSA) is 52.5 Å². The van der Waals surface area contributed by atoms with Gasteiger partial charge >= 0.3 is 0 Å². The third-order valence-electron chi connectivity index (χ3n) is 2.16. The summed E-state index contributed by atoms with van der Waals surface area (Å²) in [5, 5.41) is 0. The van der Waals surface area contributed by atoms with E-state index in [1.54, 1.807) is 7.11 Å². The third-order valence-corrected chi connectivity index (χ3v) is 2.16. The maximum atomic E-state index is 5.70. The predicted molar refractivity (Wildman–Crippen MR) is 55.2 cm³/mol. The van der Waals surface area contributed by atoms with Gasteiger partial charge in [0.1, 0.15) is 5.82 Å². The maximum absolute atomic E-state index is 5.70. The average molecular weight is 191 g/mol. The van der Waals surface area contributed by atoms with Crippen LogP contribution in [0.5, 0.6) is 0 Å². The molecule has 0 amide bonds. The first-order chi connectivity index (χ1) is 6.81. The first kappa shape index (κ1) is 9.02. The van der Waals surface area contributed by atoms with Crippen molar-refractivity contribution in [1.29, 1.82) is 0 Å². The Balaban J connectivity index is 2.40.